The zero-order chi connectivity index (χ0) is 14.7. The van der Waals surface area contributed by atoms with E-state index in [9.17, 15) is 9.90 Å². The molecule has 0 bridgehead atoms. The van der Waals surface area contributed by atoms with Crippen molar-refractivity contribution in [3.63, 3.8) is 0 Å². The summed E-state index contributed by atoms with van der Waals surface area (Å²) in [6, 6.07) is -0.0445. The van der Waals surface area contributed by atoms with Crippen LogP contribution in [0, 0.1) is 12.8 Å². The number of nitrogens with one attached hydrogen (secondary N) is 1. The summed E-state index contributed by atoms with van der Waals surface area (Å²) in [5, 5.41) is 17.2. The van der Waals surface area contributed by atoms with Crippen LogP contribution in [0.4, 0.5) is 0 Å². The van der Waals surface area contributed by atoms with Gasteiger partial charge in [0.05, 0.1) is 17.8 Å². The first-order valence-electron chi connectivity index (χ1n) is 7.45. The molecule has 0 radical (unpaired) electrons. The second-order valence-corrected chi connectivity index (χ2v) is 5.95. The fourth-order valence-corrected chi connectivity index (χ4v) is 3.09. The lowest BCUT2D eigenvalue weighted by atomic mass is 9.84. The Kier molecular flexibility index (Phi) is 4.81. The molecule has 1 unspecified atom stereocenters. The summed E-state index contributed by atoms with van der Waals surface area (Å²) in [6.45, 7) is 3.92. The number of amides is 1. The molecule has 1 aromatic heterocycles. The first-order chi connectivity index (χ1) is 9.47. The van der Waals surface area contributed by atoms with Crippen LogP contribution in [0.1, 0.15) is 56.3 Å². The molecule has 0 aliphatic heterocycles. The van der Waals surface area contributed by atoms with Gasteiger partial charge >= 0.3 is 0 Å². The Morgan fingerprint density at radius 2 is 2.25 bits per heavy atom. The van der Waals surface area contributed by atoms with Crippen LogP contribution in [-0.2, 0) is 11.8 Å². The Labute approximate surface area is 120 Å². The van der Waals surface area contributed by atoms with E-state index in [1.165, 1.54) is 0 Å². The Morgan fingerprint density at radius 3 is 2.85 bits per heavy atom. The highest BCUT2D eigenvalue weighted by molar-refractivity contribution is 5.76. The van der Waals surface area contributed by atoms with Crippen molar-refractivity contribution in [2.24, 2.45) is 13.0 Å². The molecule has 0 saturated heterocycles. The van der Waals surface area contributed by atoms with Crippen molar-refractivity contribution in [1.82, 2.24) is 15.1 Å². The number of hydrogen-bond acceptors (Lipinski definition) is 3. The molecule has 112 valence electrons. The van der Waals surface area contributed by atoms with E-state index >= 15 is 0 Å². The first kappa shape index (κ1) is 15.0. The molecule has 2 N–H and O–H groups in total. The topological polar surface area (TPSA) is 67.2 Å². The Bertz CT molecular complexity index is 470. The maximum atomic E-state index is 12.1. The molecule has 1 aromatic rings. The van der Waals surface area contributed by atoms with Crippen molar-refractivity contribution >= 4 is 5.91 Å². The highest BCUT2D eigenvalue weighted by Gasteiger charge is 2.26. The van der Waals surface area contributed by atoms with Crippen LogP contribution in [-0.4, -0.2) is 26.9 Å². The summed E-state index contributed by atoms with van der Waals surface area (Å²) in [7, 11) is 1.88. The second-order valence-electron chi connectivity index (χ2n) is 5.95. The van der Waals surface area contributed by atoms with Gasteiger partial charge in [-0.1, -0.05) is 12.8 Å². The van der Waals surface area contributed by atoms with Crippen LogP contribution < -0.4 is 5.32 Å². The van der Waals surface area contributed by atoms with E-state index in [2.05, 4.69) is 10.4 Å². The largest absolute Gasteiger partial charge is 0.393 e. The molecule has 5 heteroatoms. The molecule has 20 heavy (non-hydrogen) atoms. The number of rotatable bonds is 4. The SMILES string of the molecule is Cc1nn(C)cc1C(C)NC(=O)C[C@@H]1CCCC[C@H]1O. The summed E-state index contributed by atoms with van der Waals surface area (Å²) < 4.78 is 1.76. The van der Waals surface area contributed by atoms with Crippen molar-refractivity contribution in [3.8, 4) is 0 Å². The van der Waals surface area contributed by atoms with Crippen molar-refractivity contribution in [2.75, 3.05) is 0 Å². The predicted molar refractivity (Wildman–Crippen MR) is 77.1 cm³/mol. The zero-order valence-electron chi connectivity index (χ0n) is 12.6. The lowest BCUT2D eigenvalue weighted by Crippen LogP contribution is -2.33. The van der Waals surface area contributed by atoms with Crippen molar-refractivity contribution in [3.05, 3.63) is 17.5 Å². The highest BCUT2D eigenvalue weighted by Crippen LogP contribution is 2.27. The number of carbonyl (C=O) groups is 1. The van der Waals surface area contributed by atoms with E-state index in [1.807, 2.05) is 27.1 Å². The number of aliphatic hydroxyl groups excluding tert-OH is 1. The maximum absolute atomic E-state index is 12.1. The van der Waals surface area contributed by atoms with E-state index in [0.29, 0.717) is 6.42 Å². The van der Waals surface area contributed by atoms with E-state index in [1.54, 1.807) is 4.68 Å². The van der Waals surface area contributed by atoms with Gasteiger partial charge in [0, 0.05) is 25.2 Å². The number of aromatic nitrogens is 2. The molecule has 1 saturated carbocycles. The van der Waals surface area contributed by atoms with Gasteiger partial charge in [0.15, 0.2) is 0 Å². The number of aliphatic hydroxyl groups is 1. The van der Waals surface area contributed by atoms with E-state index < -0.39 is 0 Å². The van der Waals surface area contributed by atoms with Gasteiger partial charge in [-0.15, -0.1) is 0 Å². The van der Waals surface area contributed by atoms with Gasteiger partial charge in [0.2, 0.25) is 5.91 Å². The van der Waals surface area contributed by atoms with Gasteiger partial charge in [0.1, 0.15) is 0 Å². The molecule has 1 amide bonds. The summed E-state index contributed by atoms with van der Waals surface area (Å²) in [5.74, 6) is 0.137. The van der Waals surface area contributed by atoms with Gasteiger partial charge in [0.25, 0.3) is 0 Å². The van der Waals surface area contributed by atoms with Crippen LogP contribution in [0.15, 0.2) is 6.20 Å². The average molecular weight is 279 g/mol. The number of hydrogen-bond donors (Lipinski definition) is 2. The molecule has 1 heterocycles. The predicted octanol–water partition coefficient (Wildman–Crippen LogP) is 1.85. The van der Waals surface area contributed by atoms with Crippen LogP contribution in [0.5, 0.6) is 0 Å². The summed E-state index contributed by atoms with van der Waals surface area (Å²) in [4.78, 5) is 12.1. The van der Waals surface area contributed by atoms with Crippen LogP contribution in [0.2, 0.25) is 0 Å². The molecule has 3 atom stereocenters. The van der Waals surface area contributed by atoms with Gasteiger partial charge in [-0.05, 0) is 32.6 Å². The monoisotopic (exact) mass is 279 g/mol. The fraction of sp³-hybridized carbons (Fsp3) is 0.733. The lowest BCUT2D eigenvalue weighted by molar-refractivity contribution is -0.124. The standard InChI is InChI=1S/C15H25N3O2/c1-10(13-9-18(3)17-11(13)2)16-15(20)8-12-6-4-5-7-14(12)19/h9-10,12,14,19H,4-8H2,1-3H3,(H,16,20)/t10?,12-,14+/m0/s1. The molecule has 2 rings (SSSR count). The van der Waals surface area contributed by atoms with Crippen LogP contribution in [0.3, 0.4) is 0 Å². The Hall–Kier alpha value is -1.36. The number of carbonyl (C=O) groups excluding carboxylic acids is 1. The normalized spacial score (nSPS) is 24.4. The minimum atomic E-state index is -0.315. The molecule has 0 aromatic carbocycles. The molecule has 0 spiro atoms. The number of aryl methyl sites for hydroxylation is 2. The minimum absolute atomic E-state index is 0.0201. The third-order valence-electron chi connectivity index (χ3n) is 4.21. The summed E-state index contributed by atoms with van der Waals surface area (Å²) in [6.07, 6.45) is 6.02. The minimum Gasteiger partial charge on any atom is -0.393 e. The molecule has 5 nitrogen and oxygen atoms in total. The van der Waals surface area contributed by atoms with Crippen molar-refractivity contribution in [2.45, 2.75) is 58.1 Å². The quantitative estimate of drug-likeness (QED) is 0.884. The summed E-state index contributed by atoms with van der Waals surface area (Å²) >= 11 is 0. The van der Waals surface area contributed by atoms with Gasteiger partial charge < -0.3 is 10.4 Å². The van der Waals surface area contributed by atoms with Gasteiger partial charge in [-0.2, -0.15) is 5.10 Å². The highest BCUT2D eigenvalue weighted by atomic mass is 16.3. The van der Waals surface area contributed by atoms with Gasteiger partial charge in [-0.3, -0.25) is 9.48 Å². The fourth-order valence-electron chi connectivity index (χ4n) is 3.09. The molecule has 1 aliphatic carbocycles. The third-order valence-corrected chi connectivity index (χ3v) is 4.21. The summed E-state index contributed by atoms with van der Waals surface area (Å²) in [5.41, 5.74) is 1.99. The average Bonchev–Trinajstić information content (AvgIpc) is 2.71. The Balaban J connectivity index is 1.89. The molecule has 1 aliphatic rings. The van der Waals surface area contributed by atoms with E-state index in [4.69, 9.17) is 0 Å². The molecular formula is C15H25N3O2. The van der Waals surface area contributed by atoms with Crippen molar-refractivity contribution < 1.29 is 9.90 Å². The van der Waals surface area contributed by atoms with Crippen molar-refractivity contribution in [1.29, 1.82) is 0 Å². The molecular weight excluding hydrogens is 254 g/mol. The van der Waals surface area contributed by atoms with Gasteiger partial charge in [-0.25, -0.2) is 0 Å². The number of nitrogens with zero attached hydrogens (tertiary/aromatic N) is 2. The molecule has 1 fully saturated rings. The Morgan fingerprint density at radius 1 is 1.55 bits per heavy atom. The smallest absolute Gasteiger partial charge is 0.220 e. The maximum Gasteiger partial charge on any atom is 0.220 e. The van der Waals surface area contributed by atoms with Crippen LogP contribution in [0.25, 0.3) is 0 Å². The zero-order valence-corrected chi connectivity index (χ0v) is 12.6. The van der Waals surface area contributed by atoms with Crippen LogP contribution >= 0.6 is 0 Å². The third kappa shape index (κ3) is 3.60. The lowest BCUT2D eigenvalue weighted by Gasteiger charge is -2.27. The van der Waals surface area contributed by atoms with E-state index in [-0.39, 0.29) is 24.0 Å². The second kappa shape index (κ2) is 6.39. The first-order valence-corrected chi connectivity index (χ1v) is 7.45. The van der Waals surface area contributed by atoms with E-state index in [0.717, 1.165) is 36.9 Å².